The monoisotopic (exact) mass is 459 g/mol. The van der Waals surface area contributed by atoms with Crippen molar-refractivity contribution in [3.8, 4) is 11.8 Å². The van der Waals surface area contributed by atoms with Gasteiger partial charge in [0.15, 0.2) is 5.13 Å². The van der Waals surface area contributed by atoms with Crippen molar-refractivity contribution in [2.24, 2.45) is 0 Å². The van der Waals surface area contributed by atoms with Gasteiger partial charge in [0.05, 0.1) is 16.6 Å². The van der Waals surface area contributed by atoms with Crippen molar-refractivity contribution in [2.45, 2.75) is 13.1 Å². The third-order valence-corrected chi connectivity index (χ3v) is 4.93. The van der Waals surface area contributed by atoms with Crippen LogP contribution < -0.4 is 16.0 Å². The minimum atomic E-state index is -4.54. The molecule has 0 bridgehead atoms. The van der Waals surface area contributed by atoms with E-state index in [9.17, 15) is 22.8 Å². The number of aryl methyl sites for hydroxylation is 1. The average Bonchev–Trinajstić information content (AvgIpc) is 3.19. The molecule has 0 spiro atoms. The summed E-state index contributed by atoms with van der Waals surface area (Å²) in [6.07, 6.45) is -2.05. The summed E-state index contributed by atoms with van der Waals surface area (Å²) in [6.45, 7) is 1.81. The highest BCUT2D eigenvalue weighted by atomic mass is 32.1. The van der Waals surface area contributed by atoms with Crippen molar-refractivity contribution < 1.29 is 22.8 Å². The van der Waals surface area contributed by atoms with Crippen molar-refractivity contribution in [1.82, 2.24) is 15.3 Å². The number of halogens is 3. The lowest BCUT2D eigenvalue weighted by atomic mass is 10.0. The van der Waals surface area contributed by atoms with Crippen molar-refractivity contribution in [3.63, 3.8) is 0 Å². The SMILES string of the molecule is CNC(=O)Nc1ncc(C#Cc2cc(C(=O)Nc3cc(C(F)(F)F)ccn3)ccc2C)s1. The van der Waals surface area contributed by atoms with Crippen LogP contribution in [-0.4, -0.2) is 29.0 Å². The lowest BCUT2D eigenvalue weighted by Gasteiger charge is -2.09. The van der Waals surface area contributed by atoms with E-state index in [0.717, 1.165) is 23.9 Å². The molecule has 3 N–H and O–H groups in total. The number of benzene rings is 1. The Morgan fingerprint density at radius 2 is 1.84 bits per heavy atom. The Hall–Kier alpha value is -3.91. The lowest BCUT2D eigenvalue weighted by molar-refractivity contribution is -0.137. The minimum absolute atomic E-state index is 0.209. The number of nitrogens with zero attached hydrogens (tertiary/aromatic N) is 2. The second-order valence-electron chi connectivity index (χ2n) is 6.40. The van der Waals surface area contributed by atoms with Gasteiger partial charge in [-0.3, -0.25) is 10.1 Å². The summed E-state index contributed by atoms with van der Waals surface area (Å²) < 4.78 is 38.5. The van der Waals surface area contributed by atoms with Crippen LogP contribution in [0.4, 0.5) is 28.9 Å². The second-order valence-corrected chi connectivity index (χ2v) is 7.43. The zero-order valence-corrected chi connectivity index (χ0v) is 17.6. The number of rotatable bonds is 3. The molecule has 2 heterocycles. The van der Waals surface area contributed by atoms with Gasteiger partial charge in [-0.2, -0.15) is 13.2 Å². The van der Waals surface area contributed by atoms with Gasteiger partial charge in [-0.05, 0) is 42.7 Å². The fourth-order valence-corrected chi connectivity index (χ4v) is 3.10. The fraction of sp³-hybridized carbons (Fsp3) is 0.143. The van der Waals surface area contributed by atoms with Crippen molar-refractivity contribution in [2.75, 3.05) is 17.7 Å². The molecular formula is C21H16F3N5O2S. The Bertz CT molecular complexity index is 1230. The Labute approximate surface area is 185 Å². The molecule has 0 saturated heterocycles. The molecule has 3 amide bonds. The molecule has 0 saturated carbocycles. The number of aromatic nitrogens is 2. The number of carbonyl (C=O) groups is 2. The Balaban J connectivity index is 1.77. The van der Waals surface area contributed by atoms with Crippen LogP contribution in [0.2, 0.25) is 0 Å². The maximum Gasteiger partial charge on any atom is 0.416 e. The standard InChI is InChI=1S/C21H16F3N5O2S/c1-12-3-4-14(18(30)28-17-10-15(7-8-26-17)21(22,23)24)9-13(12)5-6-16-11-27-20(32-16)29-19(31)25-2/h3-4,7-11H,1-2H3,(H,26,28,30)(H2,25,27,29,31). The summed E-state index contributed by atoms with van der Waals surface area (Å²) in [4.78, 5) is 32.2. The van der Waals surface area contributed by atoms with Crippen LogP contribution in [0.1, 0.15) is 31.9 Å². The van der Waals surface area contributed by atoms with E-state index in [1.165, 1.54) is 30.6 Å². The first-order valence-electron chi connectivity index (χ1n) is 9.07. The van der Waals surface area contributed by atoms with Gasteiger partial charge in [-0.15, -0.1) is 0 Å². The summed E-state index contributed by atoms with van der Waals surface area (Å²) in [5, 5.41) is 7.70. The Morgan fingerprint density at radius 1 is 1.06 bits per heavy atom. The van der Waals surface area contributed by atoms with Crippen molar-refractivity contribution in [1.29, 1.82) is 0 Å². The molecule has 0 radical (unpaired) electrons. The van der Waals surface area contributed by atoms with E-state index < -0.39 is 23.7 Å². The molecule has 11 heteroatoms. The molecule has 0 aliphatic rings. The van der Waals surface area contributed by atoms with E-state index in [-0.39, 0.29) is 11.4 Å². The normalized spacial score (nSPS) is 10.7. The van der Waals surface area contributed by atoms with Crippen molar-refractivity contribution >= 4 is 34.2 Å². The predicted molar refractivity (Wildman–Crippen MR) is 115 cm³/mol. The first-order chi connectivity index (χ1) is 15.2. The fourth-order valence-electron chi connectivity index (χ4n) is 2.44. The van der Waals surface area contributed by atoms with Crippen LogP contribution in [-0.2, 0) is 6.18 Å². The largest absolute Gasteiger partial charge is 0.416 e. The van der Waals surface area contributed by atoms with E-state index in [1.807, 2.05) is 6.92 Å². The molecule has 0 unspecified atom stereocenters. The zero-order chi connectivity index (χ0) is 23.3. The summed E-state index contributed by atoms with van der Waals surface area (Å²) in [6, 6.07) is 5.95. The number of amides is 3. The number of urea groups is 1. The number of carbonyl (C=O) groups excluding carboxylic acids is 2. The van der Waals surface area contributed by atoms with E-state index in [2.05, 4.69) is 37.8 Å². The van der Waals surface area contributed by atoms with Crippen LogP contribution in [0.5, 0.6) is 0 Å². The maximum atomic E-state index is 12.8. The van der Waals surface area contributed by atoms with Crippen LogP contribution in [0.25, 0.3) is 0 Å². The molecule has 0 aliphatic heterocycles. The lowest BCUT2D eigenvalue weighted by Crippen LogP contribution is -2.24. The van der Waals surface area contributed by atoms with Gasteiger partial charge in [0.2, 0.25) is 0 Å². The molecule has 0 fully saturated rings. The zero-order valence-electron chi connectivity index (χ0n) is 16.8. The van der Waals surface area contributed by atoms with Gasteiger partial charge >= 0.3 is 12.2 Å². The van der Waals surface area contributed by atoms with Crippen LogP contribution in [0.3, 0.4) is 0 Å². The van der Waals surface area contributed by atoms with Gasteiger partial charge in [-0.1, -0.05) is 23.3 Å². The Kier molecular flexibility index (Phi) is 6.75. The summed E-state index contributed by atoms with van der Waals surface area (Å²) >= 11 is 1.18. The molecule has 0 atom stereocenters. The molecule has 1 aromatic carbocycles. The minimum Gasteiger partial charge on any atom is -0.341 e. The molecular weight excluding hydrogens is 443 g/mol. The molecule has 0 aliphatic carbocycles. The molecule has 3 rings (SSSR count). The topological polar surface area (TPSA) is 96.0 Å². The van der Waals surface area contributed by atoms with Gasteiger partial charge < -0.3 is 10.6 Å². The van der Waals surface area contributed by atoms with Gasteiger partial charge in [0, 0.05) is 24.4 Å². The first kappa shape index (κ1) is 22.8. The van der Waals surface area contributed by atoms with Crippen LogP contribution in [0, 0.1) is 18.8 Å². The number of alkyl halides is 3. The van der Waals surface area contributed by atoms with Crippen molar-refractivity contribution in [3.05, 3.63) is 69.9 Å². The smallest absolute Gasteiger partial charge is 0.341 e. The second kappa shape index (κ2) is 9.49. The van der Waals surface area contributed by atoms with Crippen LogP contribution >= 0.6 is 11.3 Å². The third kappa shape index (κ3) is 5.83. The van der Waals surface area contributed by atoms with E-state index in [4.69, 9.17) is 0 Å². The third-order valence-electron chi connectivity index (χ3n) is 4.10. The molecule has 3 aromatic rings. The number of thiazole rings is 1. The number of pyridine rings is 1. The van der Waals surface area contributed by atoms with Gasteiger partial charge in [-0.25, -0.2) is 14.8 Å². The number of hydrogen-bond donors (Lipinski definition) is 3. The van der Waals surface area contributed by atoms with E-state index in [0.29, 0.717) is 15.6 Å². The Morgan fingerprint density at radius 3 is 2.56 bits per heavy atom. The molecule has 2 aromatic heterocycles. The summed E-state index contributed by atoms with van der Waals surface area (Å²) in [7, 11) is 1.48. The highest BCUT2D eigenvalue weighted by molar-refractivity contribution is 7.16. The summed E-state index contributed by atoms with van der Waals surface area (Å²) in [5.41, 5.74) is 0.668. The molecule has 7 nitrogen and oxygen atoms in total. The predicted octanol–water partition coefficient (Wildman–Crippen LogP) is 4.27. The summed E-state index contributed by atoms with van der Waals surface area (Å²) in [5.74, 6) is 5.04. The highest BCUT2D eigenvalue weighted by Crippen LogP contribution is 2.30. The van der Waals surface area contributed by atoms with Gasteiger partial charge in [0.25, 0.3) is 5.91 Å². The van der Waals surface area contributed by atoms with Crippen LogP contribution in [0.15, 0.2) is 42.7 Å². The number of hydrogen-bond acceptors (Lipinski definition) is 5. The maximum absolute atomic E-state index is 12.8. The number of anilines is 2. The molecule has 164 valence electrons. The first-order valence-corrected chi connectivity index (χ1v) is 9.89. The highest BCUT2D eigenvalue weighted by Gasteiger charge is 2.30. The average molecular weight is 459 g/mol. The van der Waals surface area contributed by atoms with E-state index >= 15 is 0 Å². The molecule has 32 heavy (non-hydrogen) atoms. The quantitative estimate of drug-likeness (QED) is 0.510. The van der Waals surface area contributed by atoms with E-state index in [1.54, 1.807) is 12.1 Å². The number of nitrogens with one attached hydrogen (secondary N) is 3. The van der Waals surface area contributed by atoms with Gasteiger partial charge in [0.1, 0.15) is 5.82 Å².